The van der Waals surface area contributed by atoms with Crippen molar-refractivity contribution < 1.29 is 18.9 Å². The van der Waals surface area contributed by atoms with Gasteiger partial charge in [0.05, 0.1) is 0 Å². The maximum atomic E-state index is 7.50. The van der Waals surface area contributed by atoms with Crippen LogP contribution in [0.25, 0.3) is 0 Å². The van der Waals surface area contributed by atoms with E-state index in [4.69, 9.17) is 3.68 Å². The summed E-state index contributed by atoms with van der Waals surface area (Å²) in [7, 11) is 0. The molecule has 0 aliphatic heterocycles. The third kappa shape index (κ3) is 3.63. The van der Waals surface area contributed by atoms with E-state index in [2.05, 4.69) is 73.9 Å². The van der Waals surface area contributed by atoms with Crippen LogP contribution in [0.4, 0.5) is 0 Å². The van der Waals surface area contributed by atoms with Crippen molar-refractivity contribution in [3.63, 3.8) is 0 Å². The molecule has 1 rings (SSSR count). The minimum atomic E-state index is -2.82. The van der Waals surface area contributed by atoms with E-state index >= 15 is 0 Å². The molecule has 1 aliphatic rings. The van der Waals surface area contributed by atoms with Crippen LogP contribution >= 0.6 is 24.8 Å². The third-order valence-corrected chi connectivity index (χ3v) is 79.4. The molecule has 0 radical (unpaired) electrons. The van der Waals surface area contributed by atoms with E-state index in [1.54, 1.807) is 14.4 Å². The van der Waals surface area contributed by atoms with Gasteiger partial charge in [-0.25, -0.2) is 0 Å². The van der Waals surface area contributed by atoms with Crippen LogP contribution < -0.4 is 3.68 Å². The Labute approximate surface area is 156 Å². The summed E-state index contributed by atoms with van der Waals surface area (Å²) in [5.74, 6) is 0. The van der Waals surface area contributed by atoms with E-state index in [0.717, 1.165) is 0 Å². The molecule has 0 aromatic heterocycles. The van der Waals surface area contributed by atoms with Crippen LogP contribution in [0.2, 0.25) is 39.3 Å². The molecule has 0 heterocycles. The largest absolute Gasteiger partial charge is 0.147 e. The van der Waals surface area contributed by atoms with Gasteiger partial charge in [0.2, 0.25) is 0 Å². The van der Waals surface area contributed by atoms with Gasteiger partial charge in [-0.1, -0.05) is 0 Å². The fourth-order valence-corrected chi connectivity index (χ4v) is 86.3. The Morgan fingerprint density at radius 1 is 0.773 bits per heavy atom. The van der Waals surface area contributed by atoms with E-state index in [1.807, 2.05) is 0 Å². The first-order chi connectivity index (χ1) is 8.60. The Morgan fingerprint density at radius 2 is 1.09 bits per heavy atom. The average Bonchev–Trinajstić information content (AvgIpc) is 2.36. The van der Waals surface area contributed by atoms with Crippen molar-refractivity contribution in [2.24, 2.45) is 9.09 Å². The van der Waals surface area contributed by atoms with E-state index in [0.29, 0.717) is 0 Å². The topological polar surface area (TPSA) is 26.0 Å². The summed E-state index contributed by atoms with van der Waals surface area (Å²) in [5.41, 5.74) is 4.86. The van der Waals surface area contributed by atoms with Crippen molar-refractivity contribution in [1.29, 1.82) is 0 Å². The number of hydrogen-bond acceptors (Lipinski definition) is 1. The second-order valence-electron chi connectivity index (χ2n) is 9.18. The van der Waals surface area contributed by atoms with Crippen LogP contribution in [-0.2, 0) is 18.9 Å². The van der Waals surface area contributed by atoms with Gasteiger partial charge in [-0.05, 0) is 0 Å². The number of nitrogens with two attached hydrogens (primary N) is 1. The zero-order valence-corrected chi connectivity index (χ0v) is 22.5. The zero-order valence-electron chi connectivity index (χ0n) is 16.4. The standard InChI is InChI=1S/C10H15.2C3H9Si.2ClH.H2N.Zr/c1-7-6-10(4,5)9(3)8(7)2;2*1-4(2)3;;;;/h1-5H3;2*1-3H3;2*1H;1H2;/q;;;;;-1;+1. The smallest absolute Gasteiger partial charge is 0.147 e. The predicted octanol–water partition coefficient (Wildman–Crippen LogP) is 6.18. The van der Waals surface area contributed by atoms with Crippen LogP contribution in [0, 0.1) is 5.41 Å². The Bertz CT molecular complexity index is 483. The summed E-state index contributed by atoms with van der Waals surface area (Å²) >= 11 is -2.82. The summed E-state index contributed by atoms with van der Waals surface area (Å²) in [6.45, 7) is 27.1. The molecule has 22 heavy (non-hydrogen) atoms. The van der Waals surface area contributed by atoms with Crippen LogP contribution in [-0.4, -0.2) is 10.4 Å². The first-order valence-electron chi connectivity index (χ1n) is 7.79. The van der Waals surface area contributed by atoms with E-state index in [1.165, 1.54) is 5.57 Å². The molecule has 132 valence electrons. The maximum absolute atomic E-state index is 7.50. The van der Waals surface area contributed by atoms with Crippen molar-refractivity contribution in [3.05, 3.63) is 20.0 Å². The Balaban J connectivity index is 0. The van der Waals surface area contributed by atoms with Gasteiger partial charge in [-0.2, -0.15) is 0 Å². The molecule has 0 saturated carbocycles. The summed E-state index contributed by atoms with van der Waals surface area (Å²) in [6.07, 6.45) is 0. The molecule has 0 unspecified atom stereocenters. The second kappa shape index (κ2) is 7.29. The summed E-state index contributed by atoms with van der Waals surface area (Å²) in [6, 6.07) is 0. The van der Waals surface area contributed by atoms with E-state index in [9.17, 15) is 0 Å². The molecular formula is C16H37Cl2NSi2Zr. The van der Waals surface area contributed by atoms with Crippen molar-refractivity contribution in [3.8, 4) is 0 Å². The molecule has 2 N–H and O–H groups in total. The number of rotatable bonds is 3. The van der Waals surface area contributed by atoms with Gasteiger partial charge in [0.1, 0.15) is 0 Å². The van der Waals surface area contributed by atoms with Crippen LogP contribution in [0.1, 0.15) is 34.6 Å². The quantitative estimate of drug-likeness (QED) is 0.499. The summed E-state index contributed by atoms with van der Waals surface area (Å²) in [4.78, 5) is 0. The summed E-state index contributed by atoms with van der Waals surface area (Å²) < 4.78 is 9.26. The molecule has 1 aliphatic carbocycles. The first-order valence-corrected chi connectivity index (χ1v) is 24.8. The molecule has 6 heteroatoms. The van der Waals surface area contributed by atoms with Gasteiger partial charge in [0, 0.05) is 0 Å². The van der Waals surface area contributed by atoms with E-state index < -0.39 is 29.3 Å². The first kappa shape index (κ1) is 25.6. The molecule has 1 nitrogen and oxygen atoms in total. The van der Waals surface area contributed by atoms with Crippen molar-refractivity contribution in [2.45, 2.75) is 73.9 Å². The Hall–Kier alpha value is 1.34. The van der Waals surface area contributed by atoms with Gasteiger partial charge in [0.25, 0.3) is 0 Å². The monoisotopic (exact) mass is 459 g/mol. The van der Waals surface area contributed by atoms with Gasteiger partial charge >= 0.3 is 132 Å². The molecule has 0 saturated heterocycles. The van der Waals surface area contributed by atoms with Gasteiger partial charge < -0.3 is 0 Å². The SMILES string of the molecule is CC1=C(C)C(C)(C)[C]([Zr]([NH2])([Si](C)(C)C)[Si](C)(C)C)=C1C.Cl.Cl. The minimum absolute atomic E-state index is 0. The van der Waals surface area contributed by atoms with Gasteiger partial charge in [-0.15, -0.1) is 24.8 Å². The Kier molecular flexibility index (Phi) is 8.48. The van der Waals surface area contributed by atoms with Gasteiger partial charge in [0.15, 0.2) is 0 Å². The number of allylic oxidation sites excluding steroid dienone is 4. The fourth-order valence-electron chi connectivity index (χ4n) is 4.26. The minimum Gasteiger partial charge on any atom is -0.147 e. The van der Waals surface area contributed by atoms with Crippen LogP contribution in [0.15, 0.2) is 20.0 Å². The Morgan fingerprint density at radius 3 is 1.27 bits per heavy atom. The number of hydrogen-bond donors (Lipinski definition) is 1. The maximum Gasteiger partial charge on any atom is -0.147 e. The van der Waals surface area contributed by atoms with Crippen molar-refractivity contribution in [2.75, 3.05) is 0 Å². The fraction of sp³-hybridized carbons (Fsp3) is 0.750. The molecule has 0 amide bonds. The second-order valence-corrected chi connectivity index (χ2v) is 57.8. The molecule has 0 spiro atoms. The van der Waals surface area contributed by atoms with Crippen LogP contribution in [0.5, 0.6) is 0 Å². The molecule has 0 aromatic carbocycles. The average molecular weight is 462 g/mol. The molecule has 0 aromatic rings. The zero-order chi connectivity index (χ0) is 16.3. The molecule has 0 atom stereocenters. The van der Waals surface area contributed by atoms with E-state index in [-0.39, 0.29) is 30.2 Å². The third-order valence-electron chi connectivity index (χ3n) is 5.82. The molecule has 0 fully saturated rings. The van der Waals surface area contributed by atoms with Crippen molar-refractivity contribution in [1.82, 2.24) is 0 Å². The van der Waals surface area contributed by atoms with Crippen LogP contribution in [0.3, 0.4) is 0 Å². The van der Waals surface area contributed by atoms with Crippen molar-refractivity contribution >= 4 is 35.2 Å². The normalized spacial score (nSPS) is 19.1. The summed E-state index contributed by atoms with van der Waals surface area (Å²) in [5, 5.41) is -2.67. The van der Waals surface area contributed by atoms with Gasteiger partial charge in [-0.3, -0.25) is 0 Å². The number of halogens is 2. The molecular weight excluding hydrogens is 424 g/mol. The molecule has 0 bridgehead atoms. The predicted molar refractivity (Wildman–Crippen MR) is 110 cm³/mol.